The summed E-state index contributed by atoms with van der Waals surface area (Å²) in [7, 11) is -4.64. The van der Waals surface area contributed by atoms with Crippen LogP contribution < -0.4 is 0 Å². The largest absolute Gasteiger partial charge is 0.472 e. The quantitative estimate of drug-likeness (QED) is 0.0243. The molecule has 0 spiro atoms. The minimum atomic E-state index is -4.64. The number of carbonyl (C=O) groups is 2. The highest BCUT2D eigenvalue weighted by molar-refractivity contribution is 7.47. The molecule has 3 atom stereocenters. The highest BCUT2D eigenvalue weighted by Crippen LogP contribution is 2.43. The summed E-state index contributed by atoms with van der Waals surface area (Å²) >= 11 is 0. The zero-order valence-electron chi connectivity index (χ0n) is 33.1. The molecule has 0 amide bonds. The molecule has 0 aromatic rings. The third-order valence-corrected chi connectivity index (χ3v) is 8.73. The van der Waals surface area contributed by atoms with E-state index in [9.17, 15) is 24.2 Å². The van der Waals surface area contributed by atoms with Crippen molar-refractivity contribution in [3.63, 3.8) is 0 Å². The van der Waals surface area contributed by atoms with Gasteiger partial charge in [-0.1, -0.05) is 131 Å². The lowest BCUT2D eigenvalue weighted by Crippen LogP contribution is -2.29. The predicted octanol–water partition coefficient (Wildman–Crippen LogP) is 10.3. The van der Waals surface area contributed by atoms with E-state index < -0.39 is 51.8 Å². The lowest BCUT2D eigenvalue weighted by Gasteiger charge is -2.20. The Labute approximate surface area is 326 Å². The summed E-state index contributed by atoms with van der Waals surface area (Å²) in [5.41, 5.74) is 0. The van der Waals surface area contributed by atoms with Gasteiger partial charge in [0.25, 0.3) is 0 Å². The van der Waals surface area contributed by atoms with Crippen molar-refractivity contribution >= 4 is 19.8 Å². The topological polar surface area (TPSA) is 149 Å². The van der Waals surface area contributed by atoms with Crippen LogP contribution in [0.25, 0.3) is 0 Å². The van der Waals surface area contributed by atoms with Crippen LogP contribution in [0.2, 0.25) is 0 Å². The van der Waals surface area contributed by atoms with Gasteiger partial charge in [-0.25, -0.2) is 4.57 Å². The van der Waals surface area contributed by atoms with Gasteiger partial charge in [0.15, 0.2) is 6.10 Å². The Hall–Kier alpha value is -2.85. The molecule has 0 bridgehead atoms. The third-order valence-electron chi connectivity index (χ3n) is 7.78. The number of hydrogen-bond acceptors (Lipinski definition) is 9. The van der Waals surface area contributed by atoms with Crippen molar-refractivity contribution in [2.75, 3.05) is 26.4 Å². The van der Waals surface area contributed by atoms with Crippen LogP contribution in [0.4, 0.5) is 0 Å². The van der Waals surface area contributed by atoms with E-state index in [1.807, 2.05) is 12.2 Å². The van der Waals surface area contributed by atoms with Gasteiger partial charge in [0.1, 0.15) is 12.7 Å². The standard InChI is InChI=1S/C43H71O10P/c1-3-5-7-9-11-13-15-17-19-20-21-23-24-26-28-30-32-34-42(46)50-38-41(39-52-54(48,49)51-37-40(45)36-44)53-43(47)35-33-31-29-27-25-22-18-16-14-12-10-8-6-4-2/h5,7,10-13,16-19,21,23,26,28,40-41,44-45H,3-4,6,8-9,14-15,20,22,24-25,27,29-39H2,1-2H3,(H,48,49)/b7-5-,12-10-,13-11-,18-16-,19-17-,23-21-,28-26-/t40-,41+/m0/s1. The number of phosphoric ester groups is 1. The van der Waals surface area contributed by atoms with Crippen molar-refractivity contribution in [3.8, 4) is 0 Å². The van der Waals surface area contributed by atoms with E-state index in [0.717, 1.165) is 77.0 Å². The molecule has 308 valence electrons. The number of aliphatic hydroxyl groups is 2. The zero-order chi connectivity index (χ0) is 39.8. The maximum Gasteiger partial charge on any atom is 0.472 e. The summed E-state index contributed by atoms with van der Waals surface area (Å²) in [5.74, 6) is -1.02. The van der Waals surface area contributed by atoms with Crippen LogP contribution in [0.15, 0.2) is 85.1 Å². The molecule has 0 rings (SSSR count). The number of carbonyl (C=O) groups excluding carboxylic acids is 2. The normalized spacial score (nSPS) is 14.8. The molecule has 3 N–H and O–H groups in total. The van der Waals surface area contributed by atoms with Crippen LogP contribution in [0.3, 0.4) is 0 Å². The van der Waals surface area contributed by atoms with Crippen molar-refractivity contribution in [1.82, 2.24) is 0 Å². The minimum Gasteiger partial charge on any atom is -0.462 e. The van der Waals surface area contributed by atoms with Crippen LogP contribution in [0, 0.1) is 0 Å². The van der Waals surface area contributed by atoms with E-state index >= 15 is 0 Å². The molecule has 11 heteroatoms. The molecule has 0 aliphatic heterocycles. The molecule has 0 heterocycles. The molecule has 0 saturated carbocycles. The molecule has 0 aromatic carbocycles. The lowest BCUT2D eigenvalue weighted by molar-refractivity contribution is -0.161. The van der Waals surface area contributed by atoms with Gasteiger partial charge < -0.3 is 24.6 Å². The molecule has 0 aliphatic carbocycles. The van der Waals surface area contributed by atoms with E-state index in [1.165, 1.54) is 12.8 Å². The summed E-state index contributed by atoms with van der Waals surface area (Å²) in [6, 6.07) is 0. The van der Waals surface area contributed by atoms with E-state index in [0.29, 0.717) is 19.3 Å². The van der Waals surface area contributed by atoms with Gasteiger partial charge in [0, 0.05) is 12.8 Å². The first kappa shape index (κ1) is 51.1. The summed E-state index contributed by atoms with van der Waals surface area (Å²) < 4.78 is 32.6. The van der Waals surface area contributed by atoms with E-state index in [-0.39, 0.29) is 19.4 Å². The fourth-order valence-corrected chi connectivity index (χ4v) is 5.48. The zero-order valence-corrected chi connectivity index (χ0v) is 34.0. The van der Waals surface area contributed by atoms with Crippen LogP contribution in [-0.4, -0.2) is 65.7 Å². The summed E-state index contributed by atoms with van der Waals surface area (Å²) in [6.45, 7) is 2.11. The van der Waals surface area contributed by atoms with Crippen molar-refractivity contribution < 1.29 is 47.8 Å². The summed E-state index contributed by atoms with van der Waals surface area (Å²) in [5, 5.41) is 18.3. The van der Waals surface area contributed by atoms with Gasteiger partial charge >= 0.3 is 19.8 Å². The molecule has 1 unspecified atom stereocenters. The number of ether oxygens (including phenoxy) is 2. The molecule has 0 saturated heterocycles. The van der Waals surface area contributed by atoms with Crippen LogP contribution in [0.5, 0.6) is 0 Å². The lowest BCUT2D eigenvalue weighted by atomic mass is 10.1. The second-order valence-corrected chi connectivity index (χ2v) is 14.4. The highest BCUT2D eigenvalue weighted by atomic mass is 31.2. The van der Waals surface area contributed by atoms with Crippen molar-refractivity contribution in [1.29, 1.82) is 0 Å². The maximum absolute atomic E-state index is 12.6. The van der Waals surface area contributed by atoms with E-state index in [1.54, 1.807) is 0 Å². The Bertz CT molecular complexity index is 1170. The van der Waals surface area contributed by atoms with Gasteiger partial charge in [-0.05, 0) is 77.0 Å². The second-order valence-electron chi connectivity index (χ2n) is 12.9. The second kappa shape index (κ2) is 38.4. The molecule has 0 aliphatic rings. The molecular formula is C43H71O10P. The van der Waals surface area contributed by atoms with Crippen molar-refractivity contribution in [3.05, 3.63) is 85.1 Å². The monoisotopic (exact) mass is 778 g/mol. The number of rotatable bonds is 36. The summed E-state index contributed by atoms with van der Waals surface area (Å²) in [4.78, 5) is 34.9. The smallest absolute Gasteiger partial charge is 0.462 e. The first-order valence-corrected chi connectivity index (χ1v) is 21.5. The maximum atomic E-state index is 12.6. The molecule has 0 aromatic heterocycles. The first-order chi connectivity index (χ1) is 26.2. The Morgan fingerprint density at radius 2 is 1.04 bits per heavy atom. The number of aliphatic hydroxyl groups excluding tert-OH is 2. The predicted molar refractivity (Wildman–Crippen MR) is 219 cm³/mol. The number of allylic oxidation sites excluding steroid dienone is 14. The highest BCUT2D eigenvalue weighted by Gasteiger charge is 2.27. The number of unbranched alkanes of at least 4 members (excludes halogenated alkanes) is 8. The van der Waals surface area contributed by atoms with Gasteiger partial charge in [-0.2, -0.15) is 0 Å². The molecule has 54 heavy (non-hydrogen) atoms. The average molecular weight is 779 g/mol. The third kappa shape index (κ3) is 37.5. The summed E-state index contributed by atoms with van der Waals surface area (Å²) in [6.07, 6.45) is 44.1. The average Bonchev–Trinajstić information content (AvgIpc) is 3.16. The van der Waals surface area contributed by atoms with Crippen LogP contribution >= 0.6 is 7.82 Å². The minimum absolute atomic E-state index is 0.151. The molecular weight excluding hydrogens is 707 g/mol. The number of phosphoric acid groups is 1. The fraction of sp³-hybridized carbons (Fsp3) is 0.628. The van der Waals surface area contributed by atoms with Crippen LogP contribution in [-0.2, 0) is 32.7 Å². The van der Waals surface area contributed by atoms with Gasteiger partial charge in [0.2, 0.25) is 0 Å². The molecule has 0 radical (unpaired) electrons. The number of esters is 2. The SMILES string of the molecule is CC/C=C\C/C=C\C/C=C\C/C=C\C/C=C\CCCC(=O)OC[C@H](COP(=O)(O)OC[C@@H](O)CO)OC(=O)CCCCCCC/C=C\C/C=C\CCCC. The Kier molecular flexibility index (Phi) is 36.4. The van der Waals surface area contributed by atoms with E-state index in [4.69, 9.17) is 19.1 Å². The van der Waals surface area contributed by atoms with Crippen molar-refractivity contribution in [2.24, 2.45) is 0 Å². The Morgan fingerprint density at radius 3 is 1.59 bits per heavy atom. The Balaban J connectivity index is 4.48. The fourth-order valence-electron chi connectivity index (χ4n) is 4.69. The molecule has 10 nitrogen and oxygen atoms in total. The van der Waals surface area contributed by atoms with Gasteiger partial charge in [-0.3, -0.25) is 18.6 Å². The van der Waals surface area contributed by atoms with Crippen LogP contribution in [0.1, 0.15) is 136 Å². The number of hydrogen-bond donors (Lipinski definition) is 3. The molecule has 0 fully saturated rings. The van der Waals surface area contributed by atoms with Crippen molar-refractivity contribution in [2.45, 2.75) is 148 Å². The van der Waals surface area contributed by atoms with E-state index in [2.05, 4.69) is 91.3 Å². The Morgan fingerprint density at radius 1 is 0.574 bits per heavy atom. The van der Waals surface area contributed by atoms with Gasteiger partial charge in [-0.15, -0.1) is 0 Å². The first-order valence-electron chi connectivity index (χ1n) is 20.0. The van der Waals surface area contributed by atoms with Gasteiger partial charge in [0.05, 0.1) is 19.8 Å².